The minimum absolute atomic E-state index is 0.0364. The molecule has 0 bridgehead atoms. The fourth-order valence-electron chi connectivity index (χ4n) is 1.97. The number of rotatable bonds is 2. The molecule has 1 amide bonds. The van der Waals surface area contributed by atoms with E-state index in [0.717, 1.165) is 0 Å². The molecule has 1 heterocycles. The van der Waals surface area contributed by atoms with Crippen molar-refractivity contribution in [3.05, 3.63) is 53.6 Å². The Balaban J connectivity index is 1.90. The third-order valence-corrected chi connectivity index (χ3v) is 4.50. The zero-order chi connectivity index (χ0) is 15.7. The van der Waals surface area contributed by atoms with Crippen LogP contribution in [0.5, 0.6) is 0 Å². The van der Waals surface area contributed by atoms with Crippen LogP contribution >= 0.6 is 11.6 Å². The second-order valence-electron chi connectivity index (χ2n) is 4.50. The maximum absolute atomic E-state index is 12.2. The van der Waals surface area contributed by atoms with Gasteiger partial charge in [-0.15, -0.1) is 4.40 Å². The fourth-order valence-corrected chi connectivity index (χ4v) is 3.27. The Morgan fingerprint density at radius 2 is 1.91 bits per heavy atom. The number of hydrogen-bond acceptors (Lipinski definition) is 4. The molecular weight excluding hydrogens is 326 g/mol. The first-order valence-electron chi connectivity index (χ1n) is 6.24. The number of amidine groups is 1. The summed E-state index contributed by atoms with van der Waals surface area (Å²) in [7, 11) is -3.90. The molecule has 0 unspecified atom stereocenters. The molecule has 0 atom stereocenters. The lowest BCUT2D eigenvalue weighted by molar-refractivity contribution is -0.110. The number of carbonyl (C=O) groups excluding carboxylic acids is 1. The lowest BCUT2D eigenvalue weighted by Crippen LogP contribution is -2.33. The summed E-state index contributed by atoms with van der Waals surface area (Å²) in [5, 5.41) is 5.71. The van der Waals surface area contributed by atoms with Crippen molar-refractivity contribution in [1.29, 1.82) is 0 Å². The van der Waals surface area contributed by atoms with E-state index in [9.17, 15) is 13.2 Å². The Labute approximate surface area is 131 Å². The van der Waals surface area contributed by atoms with Gasteiger partial charge in [-0.2, -0.15) is 8.42 Å². The quantitative estimate of drug-likeness (QED) is 0.882. The highest BCUT2D eigenvalue weighted by Gasteiger charge is 2.27. The summed E-state index contributed by atoms with van der Waals surface area (Å²) >= 11 is 5.83. The summed E-state index contributed by atoms with van der Waals surface area (Å²) in [4.78, 5) is 12.2. The molecule has 0 aliphatic carbocycles. The summed E-state index contributed by atoms with van der Waals surface area (Å²) < 4.78 is 27.6. The molecule has 0 fully saturated rings. The van der Waals surface area contributed by atoms with E-state index in [1.165, 1.54) is 6.07 Å². The van der Waals surface area contributed by atoms with Crippen LogP contribution < -0.4 is 10.6 Å². The van der Waals surface area contributed by atoms with Gasteiger partial charge in [0.05, 0.1) is 5.69 Å². The second-order valence-corrected chi connectivity index (χ2v) is 6.51. The van der Waals surface area contributed by atoms with Crippen LogP contribution in [0.1, 0.15) is 0 Å². The van der Waals surface area contributed by atoms with Crippen LogP contribution in [0.25, 0.3) is 0 Å². The van der Waals surface area contributed by atoms with Crippen molar-refractivity contribution in [2.75, 3.05) is 10.6 Å². The minimum Gasteiger partial charge on any atom is -0.334 e. The highest BCUT2D eigenvalue weighted by molar-refractivity contribution is 7.90. The van der Waals surface area contributed by atoms with Gasteiger partial charge in [-0.3, -0.25) is 4.79 Å². The number of halogens is 1. The largest absolute Gasteiger partial charge is 0.334 e. The van der Waals surface area contributed by atoms with Gasteiger partial charge in [0.1, 0.15) is 4.90 Å². The number of nitrogens with one attached hydrogen (secondary N) is 2. The van der Waals surface area contributed by atoms with Gasteiger partial charge in [-0.05, 0) is 30.3 Å². The van der Waals surface area contributed by atoms with Crippen molar-refractivity contribution in [3.63, 3.8) is 0 Å². The van der Waals surface area contributed by atoms with E-state index in [1.807, 2.05) is 0 Å². The Morgan fingerprint density at radius 3 is 2.68 bits per heavy atom. The zero-order valence-electron chi connectivity index (χ0n) is 11.1. The molecule has 2 aromatic carbocycles. The smallest absolute Gasteiger partial charge is 0.292 e. The van der Waals surface area contributed by atoms with Crippen LogP contribution in [0.3, 0.4) is 0 Å². The highest BCUT2D eigenvalue weighted by atomic mass is 35.5. The second kappa shape index (κ2) is 5.43. The maximum atomic E-state index is 12.2. The van der Waals surface area contributed by atoms with Crippen LogP contribution in [0, 0.1) is 0 Å². The van der Waals surface area contributed by atoms with Gasteiger partial charge >= 0.3 is 0 Å². The van der Waals surface area contributed by atoms with Gasteiger partial charge in [0, 0.05) is 10.7 Å². The standard InChI is InChI=1S/C14H10ClN3O3S/c15-9-4-3-5-10(8-9)16-14(19)13-17-11-6-1-2-7-12(11)22(20,21)18-13/h1-8H,(H,16,19)(H,17,18). The van der Waals surface area contributed by atoms with E-state index in [2.05, 4.69) is 15.0 Å². The predicted octanol–water partition coefficient (Wildman–Crippen LogP) is 2.49. The third-order valence-electron chi connectivity index (χ3n) is 2.93. The Hall–Kier alpha value is -2.38. The van der Waals surface area contributed by atoms with E-state index >= 15 is 0 Å². The molecule has 0 aromatic heterocycles. The Kier molecular flexibility index (Phi) is 3.59. The first-order valence-corrected chi connectivity index (χ1v) is 8.05. The van der Waals surface area contributed by atoms with Crippen LogP contribution in [0.15, 0.2) is 57.8 Å². The van der Waals surface area contributed by atoms with Crippen molar-refractivity contribution in [3.8, 4) is 0 Å². The molecular formula is C14H10ClN3O3S. The molecule has 3 rings (SSSR count). The number of para-hydroxylation sites is 1. The maximum Gasteiger partial charge on any atom is 0.292 e. The molecule has 1 aliphatic heterocycles. The lowest BCUT2D eigenvalue weighted by atomic mass is 10.3. The molecule has 112 valence electrons. The molecule has 1 aliphatic rings. The van der Waals surface area contributed by atoms with E-state index < -0.39 is 15.9 Å². The molecule has 0 radical (unpaired) electrons. The van der Waals surface area contributed by atoms with Crippen LogP contribution in [0.2, 0.25) is 5.02 Å². The third kappa shape index (κ3) is 2.81. The number of amides is 1. The predicted molar refractivity (Wildman–Crippen MR) is 84.8 cm³/mol. The van der Waals surface area contributed by atoms with Gasteiger partial charge < -0.3 is 10.6 Å². The summed E-state index contributed by atoms with van der Waals surface area (Å²) in [6.07, 6.45) is 0. The number of nitrogens with zero attached hydrogens (tertiary/aromatic N) is 1. The van der Waals surface area contributed by atoms with Crippen molar-refractivity contribution in [2.24, 2.45) is 4.40 Å². The topological polar surface area (TPSA) is 87.6 Å². The Bertz CT molecular complexity index is 894. The summed E-state index contributed by atoms with van der Waals surface area (Å²) in [5.41, 5.74) is 0.756. The Morgan fingerprint density at radius 1 is 1.14 bits per heavy atom. The number of benzene rings is 2. The number of sulfonamides is 1. The average molecular weight is 336 g/mol. The molecule has 2 aromatic rings. The number of carbonyl (C=O) groups is 1. The van der Waals surface area contributed by atoms with Crippen molar-refractivity contribution < 1.29 is 13.2 Å². The molecule has 0 spiro atoms. The van der Waals surface area contributed by atoms with E-state index in [0.29, 0.717) is 16.4 Å². The van der Waals surface area contributed by atoms with E-state index in [1.54, 1.807) is 42.5 Å². The van der Waals surface area contributed by atoms with Crippen LogP contribution in [0.4, 0.5) is 11.4 Å². The number of fused-ring (bicyclic) bond motifs is 1. The van der Waals surface area contributed by atoms with Crippen molar-refractivity contribution >= 4 is 44.7 Å². The lowest BCUT2D eigenvalue weighted by Gasteiger charge is -2.17. The van der Waals surface area contributed by atoms with Crippen LogP contribution in [-0.4, -0.2) is 20.2 Å². The first-order chi connectivity index (χ1) is 10.5. The minimum atomic E-state index is -3.90. The van der Waals surface area contributed by atoms with Crippen molar-refractivity contribution in [1.82, 2.24) is 0 Å². The number of hydrogen-bond donors (Lipinski definition) is 2. The average Bonchev–Trinajstić information content (AvgIpc) is 2.46. The van der Waals surface area contributed by atoms with E-state index in [4.69, 9.17) is 11.6 Å². The molecule has 0 saturated heterocycles. The highest BCUT2D eigenvalue weighted by Crippen LogP contribution is 2.26. The fraction of sp³-hybridized carbons (Fsp3) is 0. The first kappa shape index (κ1) is 14.6. The zero-order valence-corrected chi connectivity index (χ0v) is 12.6. The molecule has 22 heavy (non-hydrogen) atoms. The van der Waals surface area contributed by atoms with Gasteiger partial charge in [-0.25, -0.2) is 0 Å². The summed E-state index contributed by atoms with van der Waals surface area (Å²) in [6, 6.07) is 12.8. The van der Waals surface area contributed by atoms with Gasteiger partial charge in [0.15, 0.2) is 0 Å². The summed E-state index contributed by atoms with van der Waals surface area (Å²) in [6.45, 7) is 0. The summed E-state index contributed by atoms with van der Waals surface area (Å²) in [5.74, 6) is -0.959. The van der Waals surface area contributed by atoms with Crippen LogP contribution in [-0.2, 0) is 14.8 Å². The molecule has 8 heteroatoms. The van der Waals surface area contributed by atoms with Crippen molar-refractivity contribution in [2.45, 2.75) is 4.90 Å². The van der Waals surface area contributed by atoms with E-state index in [-0.39, 0.29) is 10.7 Å². The SMILES string of the molecule is O=C(Nc1cccc(Cl)c1)C1=NS(=O)(=O)c2ccccc2N1. The molecule has 0 saturated carbocycles. The number of anilines is 2. The van der Waals surface area contributed by atoms with Gasteiger partial charge in [0.2, 0.25) is 5.84 Å². The monoisotopic (exact) mass is 335 g/mol. The normalized spacial score (nSPS) is 15.2. The van der Waals surface area contributed by atoms with Gasteiger partial charge in [0.25, 0.3) is 15.9 Å². The molecule has 6 nitrogen and oxygen atoms in total. The molecule has 2 N–H and O–H groups in total. The van der Waals surface area contributed by atoms with Gasteiger partial charge in [-0.1, -0.05) is 29.8 Å².